The van der Waals surface area contributed by atoms with E-state index in [1.165, 1.54) is 15.3 Å². The van der Waals surface area contributed by atoms with Crippen LogP contribution >= 0.6 is 0 Å². The number of aryl methyl sites for hydroxylation is 1. The van der Waals surface area contributed by atoms with E-state index in [4.69, 9.17) is 0 Å². The number of hydrogen-bond acceptors (Lipinski definition) is 4. The number of nitrogens with one attached hydrogen (secondary N) is 1. The molecule has 1 atom stereocenters. The zero-order valence-electron chi connectivity index (χ0n) is 24.2. The summed E-state index contributed by atoms with van der Waals surface area (Å²) >= 11 is 0. The van der Waals surface area contributed by atoms with Crippen LogP contribution in [0.15, 0.2) is 78.9 Å². The summed E-state index contributed by atoms with van der Waals surface area (Å²) in [7, 11) is -3.60. The van der Waals surface area contributed by atoms with Crippen LogP contribution in [0.5, 0.6) is 0 Å². The second-order valence-electron chi connectivity index (χ2n) is 10.4. The fourth-order valence-electron chi connectivity index (χ4n) is 4.65. The fourth-order valence-corrected chi connectivity index (χ4v) is 5.61. The Morgan fingerprint density at radius 3 is 2.12 bits per heavy atom. The molecule has 0 heterocycles. The number of sulfonamides is 1. The van der Waals surface area contributed by atoms with Gasteiger partial charge in [0.05, 0.1) is 11.9 Å². The van der Waals surface area contributed by atoms with Crippen molar-refractivity contribution in [1.82, 2.24) is 10.2 Å². The number of carbonyl (C=O) groups is 2. The summed E-state index contributed by atoms with van der Waals surface area (Å²) in [5.41, 5.74) is 2.77. The van der Waals surface area contributed by atoms with Gasteiger partial charge in [-0.3, -0.25) is 13.9 Å². The van der Waals surface area contributed by atoms with Gasteiger partial charge < -0.3 is 10.2 Å². The first-order valence-electron chi connectivity index (χ1n) is 13.9. The lowest BCUT2D eigenvalue weighted by Gasteiger charge is -2.32. The van der Waals surface area contributed by atoms with E-state index in [0.717, 1.165) is 23.8 Å². The van der Waals surface area contributed by atoms with Gasteiger partial charge >= 0.3 is 0 Å². The average Bonchev–Trinajstić information content (AvgIpc) is 2.93. The summed E-state index contributed by atoms with van der Waals surface area (Å²) < 4.78 is 41.2. The highest BCUT2D eigenvalue weighted by Crippen LogP contribution is 2.21. The van der Waals surface area contributed by atoms with Gasteiger partial charge in [0.1, 0.15) is 11.9 Å². The van der Waals surface area contributed by atoms with Crippen LogP contribution in [0.1, 0.15) is 50.3 Å². The SMILES string of the molecule is CCc1ccc(N(CCCC(=O)N(Cc2ccccc2F)[C@H](Cc2ccccc2)C(=O)NC(C)C)S(C)(=O)=O)cc1. The van der Waals surface area contributed by atoms with Crippen LogP contribution in [0, 0.1) is 5.82 Å². The van der Waals surface area contributed by atoms with E-state index >= 15 is 0 Å². The summed E-state index contributed by atoms with van der Waals surface area (Å²) in [6.07, 6.45) is 2.42. The van der Waals surface area contributed by atoms with Crippen molar-refractivity contribution in [2.75, 3.05) is 17.1 Å². The summed E-state index contributed by atoms with van der Waals surface area (Å²) in [6.45, 7) is 5.70. The Labute approximate surface area is 243 Å². The molecule has 7 nitrogen and oxygen atoms in total. The zero-order valence-corrected chi connectivity index (χ0v) is 25.0. The van der Waals surface area contributed by atoms with Gasteiger partial charge in [-0.1, -0.05) is 67.6 Å². The first-order valence-corrected chi connectivity index (χ1v) is 15.8. The highest BCUT2D eigenvalue weighted by Gasteiger charge is 2.31. The summed E-state index contributed by atoms with van der Waals surface area (Å²) in [4.78, 5) is 28.7. The third kappa shape index (κ3) is 9.42. The lowest BCUT2D eigenvalue weighted by atomic mass is 10.0. The molecule has 0 bridgehead atoms. The van der Waals surface area contributed by atoms with Gasteiger partial charge in [-0.05, 0) is 56.0 Å². The van der Waals surface area contributed by atoms with Crippen molar-refractivity contribution in [2.45, 2.75) is 65.1 Å². The quantitative estimate of drug-likeness (QED) is 0.287. The number of rotatable bonds is 14. The second kappa shape index (κ2) is 14.8. The lowest BCUT2D eigenvalue weighted by Crippen LogP contribution is -2.52. The minimum Gasteiger partial charge on any atom is -0.352 e. The molecule has 41 heavy (non-hydrogen) atoms. The Morgan fingerprint density at radius 1 is 0.902 bits per heavy atom. The molecule has 2 amide bonds. The monoisotopic (exact) mass is 581 g/mol. The molecule has 0 radical (unpaired) electrons. The van der Waals surface area contributed by atoms with Crippen molar-refractivity contribution in [1.29, 1.82) is 0 Å². The summed E-state index contributed by atoms with van der Waals surface area (Å²) in [6, 6.07) is 21.8. The summed E-state index contributed by atoms with van der Waals surface area (Å²) in [5.74, 6) is -1.16. The van der Waals surface area contributed by atoms with E-state index < -0.39 is 21.9 Å². The highest BCUT2D eigenvalue weighted by molar-refractivity contribution is 7.92. The van der Waals surface area contributed by atoms with Crippen LogP contribution in [-0.2, 0) is 39.0 Å². The standard InChI is InChI=1S/C32H40FN3O4S/c1-5-25-17-19-28(20-18-25)36(41(4,39)40)21-11-16-31(37)35(23-27-14-9-10-15-29(27)33)30(32(38)34-24(2)3)22-26-12-7-6-8-13-26/h6-10,12-15,17-20,24,30H,5,11,16,21-23H2,1-4H3,(H,34,38)/t30-/m1/s1. The van der Waals surface area contributed by atoms with Crippen molar-refractivity contribution in [3.8, 4) is 0 Å². The van der Waals surface area contributed by atoms with Crippen molar-refractivity contribution in [3.05, 3.63) is 101 Å². The molecule has 0 saturated heterocycles. The maximum Gasteiger partial charge on any atom is 0.243 e. The van der Waals surface area contributed by atoms with Gasteiger partial charge in [0.25, 0.3) is 0 Å². The van der Waals surface area contributed by atoms with Gasteiger partial charge in [-0.25, -0.2) is 12.8 Å². The van der Waals surface area contributed by atoms with Crippen LogP contribution in [0.2, 0.25) is 0 Å². The molecule has 0 unspecified atom stereocenters. The molecule has 220 valence electrons. The Morgan fingerprint density at radius 2 is 1.54 bits per heavy atom. The van der Waals surface area contributed by atoms with E-state index in [1.54, 1.807) is 30.3 Å². The minimum atomic E-state index is -3.60. The highest BCUT2D eigenvalue weighted by atomic mass is 32.2. The molecule has 0 aliphatic carbocycles. The van der Waals surface area contributed by atoms with Gasteiger partial charge in [-0.2, -0.15) is 0 Å². The molecule has 3 rings (SSSR count). The van der Waals surface area contributed by atoms with E-state index in [0.29, 0.717) is 11.3 Å². The van der Waals surface area contributed by atoms with E-state index in [2.05, 4.69) is 5.32 Å². The molecule has 0 aliphatic rings. The van der Waals surface area contributed by atoms with Crippen LogP contribution in [0.4, 0.5) is 10.1 Å². The van der Waals surface area contributed by atoms with Gasteiger partial charge in [0.15, 0.2) is 0 Å². The van der Waals surface area contributed by atoms with E-state index in [1.807, 2.05) is 63.2 Å². The first kappa shape index (κ1) is 31.8. The van der Waals surface area contributed by atoms with Crippen LogP contribution in [0.25, 0.3) is 0 Å². The molecular formula is C32H40FN3O4S. The van der Waals surface area contributed by atoms with Crippen LogP contribution in [-0.4, -0.2) is 50.0 Å². The largest absolute Gasteiger partial charge is 0.352 e. The van der Waals surface area contributed by atoms with E-state index in [-0.39, 0.29) is 50.2 Å². The molecule has 0 aromatic heterocycles. The van der Waals surface area contributed by atoms with Crippen LogP contribution < -0.4 is 9.62 Å². The number of carbonyl (C=O) groups excluding carboxylic acids is 2. The van der Waals surface area contributed by atoms with Crippen molar-refractivity contribution < 1.29 is 22.4 Å². The molecule has 9 heteroatoms. The molecule has 3 aromatic carbocycles. The maximum atomic E-state index is 14.7. The summed E-state index contributed by atoms with van der Waals surface area (Å²) in [5, 5.41) is 2.91. The Hall–Kier alpha value is -3.72. The van der Waals surface area contributed by atoms with Crippen LogP contribution in [0.3, 0.4) is 0 Å². The van der Waals surface area contributed by atoms with Gasteiger partial charge in [0.2, 0.25) is 21.8 Å². The molecule has 0 fully saturated rings. The number of halogens is 1. The maximum absolute atomic E-state index is 14.7. The number of benzene rings is 3. The Bertz CT molecular complexity index is 1400. The van der Waals surface area contributed by atoms with Crippen molar-refractivity contribution in [2.24, 2.45) is 0 Å². The molecule has 0 aliphatic heterocycles. The van der Waals surface area contributed by atoms with Crippen molar-refractivity contribution in [3.63, 3.8) is 0 Å². The fraction of sp³-hybridized carbons (Fsp3) is 0.375. The Balaban J connectivity index is 1.88. The van der Waals surface area contributed by atoms with Gasteiger partial charge in [0, 0.05) is 37.5 Å². The predicted octanol–water partition coefficient (Wildman–Crippen LogP) is 5.10. The van der Waals surface area contributed by atoms with E-state index in [9.17, 15) is 22.4 Å². The first-order chi connectivity index (χ1) is 19.5. The normalized spacial score (nSPS) is 12.1. The number of anilines is 1. The smallest absolute Gasteiger partial charge is 0.243 e. The minimum absolute atomic E-state index is 0.0201. The topological polar surface area (TPSA) is 86.8 Å². The number of hydrogen-bond donors (Lipinski definition) is 1. The molecule has 0 saturated carbocycles. The second-order valence-corrected chi connectivity index (χ2v) is 12.3. The van der Waals surface area contributed by atoms with Crippen molar-refractivity contribution >= 4 is 27.5 Å². The molecule has 0 spiro atoms. The predicted molar refractivity (Wildman–Crippen MR) is 161 cm³/mol. The molecule has 1 N–H and O–H groups in total. The number of nitrogens with zero attached hydrogens (tertiary/aromatic N) is 2. The molecule has 3 aromatic rings. The lowest BCUT2D eigenvalue weighted by molar-refractivity contribution is -0.141. The Kier molecular flexibility index (Phi) is 11.5. The average molecular weight is 582 g/mol. The third-order valence-electron chi connectivity index (χ3n) is 6.79. The number of amides is 2. The zero-order chi connectivity index (χ0) is 30.0. The molecular weight excluding hydrogens is 541 g/mol. The third-order valence-corrected chi connectivity index (χ3v) is 7.98. The van der Waals surface area contributed by atoms with Gasteiger partial charge in [-0.15, -0.1) is 0 Å².